The van der Waals surface area contributed by atoms with Gasteiger partial charge in [-0.05, 0) is 36.4 Å². The summed E-state index contributed by atoms with van der Waals surface area (Å²) in [5.41, 5.74) is 1.02. The summed E-state index contributed by atoms with van der Waals surface area (Å²) in [5, 5.41) is 10.1. The summed E-state index contributed by atoms with van der Waals surface area (Å²) < 4.78 is 29.1. The zero-order valence-corrected chi connectivity index (χ0v) is 15.2. The molecule has 3 rings (SSSR count). The van der Waals surface area contributed by atoms with Crippen molar-refractivity contribution >= 4 is 55.8 Å². The molecule has 1 aromatic heterocycles. The maximum absolute atomic E-state index is 12.5. The number of anilines is 1. The Morgan fingerprint density at radius 2 is 1.76 bits per heavy atom. The lowest BCUT2D eigenvalue weighted by Crippen LogP contribution is -2.13. The first-order valence-electron chi connectivity index (χ1n) is 6.99. The third-order valence-electron chi connectivity index (χ3n) is 3.62. The molecule has 130 valence electrons. The highest BCUT2D eigenvalue weighted by Gasteiger charge is 2.18. The average molecular weight is 399 g/mol. The monoisotopic (exact) mass is 398 g/mol. The predicted octanol–water partition coefficient (Wildman–Crippen LogP) is 3.98. The van der Waals surface area contributed by atoms with Gasteiger partial charge in [0.15, 0.2) is 0 Å². The molecule has 0 aliphatic rings. The van der Waals surface area contributed by atoms with Crippen LogP contribution in [0.5, 0.6) is 0 Å². The minimum Gasteiger partial charge on any atom is -0.478 e. The van der Waals surface area contributed by atoms with Crippen LogP contribution in [-0.4, -0.2) is 24.1 Å². The first-order valence-corrected chi connectivity index (χ1v) is 9.22. The van der Waals surface area contributed by atoms with Crippen molar-refractivity contribution in [2.45, 2.75) is 4.90 Å². The van der Waals surface area contributed by atoms with Gasteiger partial charge >= 0.3 is 5.97 Å². The molecule has 1 heterocycles. The number of sulfonamides is 1. The number of hydrogen-bond acceptors (Lipinski definition) is 3. The maximum atomic E-state index is 12.5. The van der Waals surface area contributed by atoms with E-state index in [0.717, 1.165) is 0 Å². The molecule has 0 amide bonds. The van der Waals surface area contributed by atoms with Gasteiger partial charge in [0, 0.05) is 28.7 Å². The van der Waals surface area contributed by atoms with Crippen LogP contribution in [0.1, 0.15) is 10.4 Å². The molecule has 0 aliphatic carbocycles. The highest BCUT2D eigenvalue weighted by atomic mass is 35.5. The molecule has 0 spiro atoms. The van der Waals surface area contributed by atoms with Crippen LogP contribution in [0.25, 0.3) is 10.9 Å². The van der Waals surface area contributed by atoms with Crippen LogP contribution in [0.2, 0.25) is 10.0 Å². The van der Waals surface area contributed by atoms with Crippen molar-refractivity contribution in [1.82, 2.24) is 4.57 Å². The number of carbonyl (C=O) groups is 1. The van der Waals surface area contributed by atoms with Gasteiger partial charge in [-0.1, -0.05) is 23.2 Å². The first kappa shape index (κ1) is 17.6. The van der Waals surface area contributed by atoms with Gasteiger partial charge in [-0.15, -0.1) is 0 Å². The topological polar surface area (TPSA) is 88.4 Å². The van der Waals surface area contributed by atoms with Crippen molar-refractivity contribution in [3.8, 4) is 0 Å². The molecule has 3 aromatic rings. The molecule has 0 fully saturated rings. The average Bonchev–Trinajstić information content (AvgIpc) is 2.83. The van der Waals surface area contributed by atoms with E-state index in [1.54, 1.807) is 23.7 Å². The molecular formula is C16H12Cl2N2O4S. The molecule has 6 nitrogen and oxygen atoms in total. The summed E-state index contributed by atoms with van der Waals surface area (Å²) in [6, 6.07) is 8.63. The number of halogens is 2. The fourth-order valence-corrected chi connectivity index (χ4v) is 4.29. The lowest BCUT2D eigenvalue weighted by atomic mass is 10.1. The van der Waals surface area contributed by atoms with Crippen LogP contribution in [0.3, 0.4) is 0 Å². The van der Waals surface area contributed by atoms with Crippen molar-refractivity contribution in [2.24, 2.45) is 7.05 Å². The number of hydrogen-bond donors (Lipinski definition) is 2. The third-order valence-corrected chi connectivity index (χ3v) is 5.42. The van der Waals surface area contributed by atoms with Gasteiger partial charge in [-0.2, -0.15) is 0 Å². The van der Waals surface area contributed by atoms with Crippen LogP contribution in [0.4, 0.5) is 5.69 Å². The third kappa shape index (κ3) is 3.44. The van der Waals surface area contributed by atoms with Gasteiger partial charge in [0.05, 0.1) is 21.7 Å². The molecule has 9 heteroatoms. The van der Waals surface area contributed by atoms with E-state index in [9.17, 15) is 18.3 Å². The van der Waals surface area contributed by atoms with Crippen molar-refractivity contribution in [3.63, 3.8) is 0 Å². The van der Waals surface area contributed by atoms with Crippen molar-refractivity contribution in [2.75, 3.05) is 4.72 Å². The highest BCUT2D eigenvalue weighted by molar-refractivity contribution is 7.92. The largest absolute Gasteiger partial charge is 0.478 e. The van der Waals surface area contributed by atoms with Crippen LogP contribution in [0.15, 0.2) is 47.5 Å². The number of fused-ring (bicyclic) bond motifs is 1. The summed E-state index contributed by atoms with van der Waals surface area (Å²) in [6.07, 6.45) is 1.47. The summed E-state index contributed by atoms with van der Waals surface area (Å²) in [7, 11) is -2.21. The molecule has 2 N–H and O–H groups in total. The normalized spacial score (nSPS) is 11.6. The minimum atomic E-state index is -3.89. The van der Waals surface area contributed by atoms with Gasteiger partial charge < -0.3 is 9.67 Å². The van der Waals surface area contributed by atoms with E-state index in [1.165, 1.54) is 30.5 Å². The molecule has 0 saturated heterocycles. The van der Waals surface area contributed by atoms with Crippen LogP contribution in [0, 0.1) is 0 Å². The standard InChI is InChI=1S/C16H12Cl2N2O4S/c1-20-8-14(16(21)22)13-3-2-11(7-15(13)20)19-25(23,24)12-5-9(17)4-10(18)6-12/h2-8,19H,1H3,(H,21,22). The molecular weight excluding hydrogens is 387 g/mol. The van der Waals surface area contributed by atoms with Gasteiger partial charge in [-0.25, -0.2) is 13.2 Å². The fraction of sp³-hybridized carbons (Fsp3) is 0.0625. The number of aromatic carboxylic acids is 1. The molecule has 0 radical (unpaired) electrons. The molecule has 0 atom stereocenters. The van der Waals surface area contributed by atoms with E-state index in [4.69, 9.17) is 23.2 Å². The Morgan fingerprint density at radius 3 is 2.36 bits per heavy atom. The quantitative estimate of drug-likeness (QED) is 0.695. The predicted molar refractivity (Wildman–Crippen MR) is 97.1 cm³/mol. The van der Waals surface area contributed by atoms with Crippen LogP contribution < -0.4 is 4.72 Å². The molecule has 0 bridgehead atoms. The second-order valence-corrected chi connectivity index (χ2v) is 7.96. The van der Waals surface area contributed by atoms with Gasteiger partial charge in [0.1, 0.15) is 0 Å². The maximum Gasteiger partial charge on any atom is 0.337 e. The van der Waals surface area contributed by atoms with E-state index >= 15 is 0 Å². The van der Waals surface area contributed by atoms with Gasteiger partial charge in [0.25, 0.3) is 10.0 Å². The zero-order valence-electron chi connectivity index (χ0n) is 12.8. The first-order chi connectivity index (χ1) is 11.7. The molecule has 0 saturated carbocycles. The molecule has 2 aromatic carbocycles. The van der Waals surface area contributed by atoms with Gasteiger partial charge in [0.2, 0.25) is 0 Å². The molecule has 0 aliphatic heterocycles. The number of aromatic nitrogens is 1. The number of nitrogens with zero attached hydrogens (tertiary/aromatic N) is 1. The van der Waals surface area contributed by atoms with E-state index in [-0.39, 0.29) is 20.5 Å². The van der Waals surface area contributed by atoms with Crippen LogP contribution in [-0.2, 0) is 17.1 Å². The fourth-order valence-electron chi connectivity index (χ4n) is 2.52. The highest BCUT2D eigenvalue weighted by Crippen LogP contribution is 2.27. The number of benzene rings is 2. The molecule has 25 heavy (non-hydrogen) atoms. The van der Waals surface area contributed by atoms with Crippen molar-refractivity contribution in [1.29, 1.82) is 0 Å². The zero-order chi connectivity index (χ0) is 18.4. The summed E-state index contributed by atoms with van der Waals surface area (Å²) in [5.74, 6) is -1.05. The smallest absolute Gasteiger partial charge is 0.337 e. The number of aryl methyl sites for hydroxylation is 1. The Hall–Kier alpha value is -2.22. The Labute approximate surface area is 153 Å². The number of carboxylic acid groups (broad SMARTS) is 1. The SMILES string of the molecule is Cn1cc(C(=O)O)c2ccc(NS(=O)(=O)c3cc(Cl)cc(Cl)c3)cc21. The lowest BCUT2D eigenvalue weighted by Gasteiger charge is -2.09. The molecule has 0 unspecified atom stereocenters. The number of rotatable bonds is 4. The number of carboxylic acids is 1. The van der Waals surface area contributed by atoms with E-state index in [2.05, 4.69) is 4.72 Å². The Morgan fingerprint density at radius 1 is 1.12 bits per heavy atom. The summed E-state index contributed by atoms with van der Waals surface area (Å²) >= 11 is 11.7. The Kier molecular flexibility index (Phi) is 4.40. The van der Waals surface area contributed by atoms with Crippen molar-refractivity contribution in [3.05, 3.63) is 58.2 Å². The van der Waals surface area contributed by atoms with Crippen LogP contribution >= 0.6 is 23.2 Å². The van der Waals surface area contributed by atoms with E-state index < -0.39 is 16.0 Å². The minimum absolute atomic E-state index is 0.0665. The van der Waals surface area contributed by atoms with Gasteiger partial charge in [-0.3, -0.25) is 4.72 Å². The second kappa shape index (κ2) is 6.25. The lowest BCUT2D eigenvalue weighted by molar-refractivity contribution is 0.0699. The van der Waals surface area contributed by atoms with E-state index in [0.29, 0.717) is 16.6 Å². The Balaban J connectivity index is 2.02. The second-order valence-electron chi connectivity index (χ2n) is 5.40. The van der Waals surface area contributed by atoms with Crippen molar-refractivity contribution < 1.29 is 18.3 Å². The Bertz CT molecular complexity index is 1090. The van der Waals surface area contributed by atoms with E-state index in [1.807, 2.05) is 0 Å². The number of nitrogens with one attached hydrogen (secondary N) is 1. The summed E-state index contributed by atoms with van der Waals surface area (Å²) in [6.45, 7) is 0. The summed E-state index contributed by atoms with van der Waals surface area (Å²) in [4.78, 5) is 11.2.